The molecular weight excluding hydrogens is 292 g/mol. The number of nitrogen functional groups attached to an aromatic ring is 1. The van der Waals surface area contributed by atoms with Crippen LogP contribution >= 0.6 is 11.8 Å². The van der Waals surface area contributed by atoms with E-state index in [0.29, 0.717) is 18.2 Å². The van der Waals surface area contributed by atoms with Crippen molar-refractivity contribution in [2.75, 3.05) is 23.5 Å². The fourth-order valence-corrected chi connectivity index (χ4v) is 3.45. The molecule has 2 rings (SSSR count). The van der Waals surface area contributed by atoms with Gasteiger partial charge >= 0.3 is 0 Å². The molecule has 114 valence electrons. The molecule has 0 saturated carbocycles. The molecule has 1 aliphatic rings. The molecule has 0 spiro atoms. The van der Waals surface area contributed by atoms with Crippen molar-refractivity contribution in [3.05, 3.63) is 33.9 Å². The fourth-order valence-electron chi connectivity index (χ4n) is 2.25. The maximum Gasteiger partial charge on any atom is 0.282 e. The van der Waals surface area contributed by atoms with Crippen LogP contribution in [-0.2, 0) is 0 Å². The Morgan fingerprint density at radius 3 is 2.76 bits per heavy atom. The number of amides is 1. The lowest BCUT2D eigenvalue weighted by molar-refractivity contribution is -0.385. The summed E-state index contributed by atoms with van der Waals surface area (Å²) in [6, 6.07) is 4.14. The Labute approximate surface area is 126 Å². The Hall–Kier alpha value is -1.80. The first kappa shape index (κ1) is 15.6. The van der Waals surface area contributed by atoms with Gasteiger partial charge in [-0.05, 0) is 42.4 Å². The second-order valence-corrected chi connectivity index (χ2v) is 6.12. The highest BCUT2D eigenvalue weighted by Gasteiger charge is 2.22. The van der Waals surface area contributed by atoms with Gasteiger partial charge in [0.2, 0.25) is 0 Å². The first-order valence-corrected chi connectivity index (χ1v) is 7.88. The van der Waals surface area contributed by atoms with Crippen molar-refractivity contribution < 1.29 is 9.72 Å². The number of benzene rings is 1. The first-order chi connectivity index (χ1) is 10.1. The third-order valence-corrected chi connectivity index (χ3v) is 4.55. The van der Waals surface area contributed by atoms with Crippen molar-refractivity contribution in [1.29, 1.82) is 0 Å². The second-order valence-electron chi connectivity index (χ2n) is 4.90. The molecule has 4 N–H and O–H groups in total. The normalized spacial score (nSPS) is 15.5. The summed E-state index contributed by atoms with van der Waals surface area (Å²) in [7, 11) is 0. The average Bonchev–Trinajstić information content (AvgIpc) is 2.52. The zero-order valence-electron chi connectivity index (χ0n) is 11.5. The summed E-state index contributed by atoms with van der Waals surface area (Å²) in [6.07, 6.45) is 2.13. The standard InChI is InChI=1S/C13H18N4O3S/c14-16-10-1-2-12(17(19)20)11(7-10)13(18)15-8-9-3-5-21-6-4-9/h1-2,7,9,16H,3-6,8,14H2,(H,15,18). The molecular formula is C13H18N4O3S. The van der Waals surface area contributed by atoms with E-state index in [4.69, 9.17) is 5.84 Å². The molecule has 1 aromatic carbocycles. The molecule has 1 aromatic rings. The predicted molar refractivity (Wildman–Crippen MR) is 83.3 cm³/mol. The topological polar surface area (TPSA) is 110 Å². The highest BCUT2D eigenvalue weighted by atomic mass is 32.2. The number of thioether (sulfide) groups is 1. The number of hydrazine groups is 1. The van der Waals surface area contributed by atoms with Gasteiger partial charge in [0, 0.05) is 18.3 Å². The quantitative estimate of drug-likeness (QED) is 0.434. The number of rotatable bonds is 5. The third-order valence-electron chi connectivity index (χ3n) is 3.50. The maximum absolute atomic E-state index is 12.2. The number of nitro benzene ring substituents is 1. The Kier molecular flexibility index (Phi) is 5.40. The van der Waals surface area contributed by atoms with Crippen LogP contribution in [0.3, 0.4) is 0 Å². The van der Waals surface area contributed by atoms with Gasteiger partial charge in [-0.1, -0.05) is 0 Å². The summed E-state index contributed by atoms with van der Waals surface area (Å²) in [5, 5.41) is 13.8. The Balaban J connectivity index is 2.07. The van der Waals surface area contributed by atoms with Crippen molar-refractivity contribution >= 4 is 29.0 Å². The van der Waals surface area contributed by atoms with E-state index in [2.05, 4.69) is 10.7 Å². The largest absolute Gasteiger partial charge is 0.352 e. The molecule has 0 aliphatic carbocycles. The third kappa shape index (κ3) is 4.08. The van der Waals surface area contributed by atoms with Crippen LogP contribution in [0.4, 0.5) is 11.4 Å². The minimum atomic E-state index is -0.563. The number of nitrogens with one attached hydrogen (secondary N) is 2. The summed E-state index contributed by atoms with van der Waals surface area (Å²) in [5.74, 6) is 7.51. The van der Waals surface area contributed by atoms with E-state index in [1.54, 1.807) is 0 Å². The van der Waals surface area contributed by atoms with Crippen LogP contribution < -0.4 is 16.6 Å². The number of anilines is 1. The molecule has 0 radical (unpaired) electrons. The van der Waals surface area contributed by atoms with Crippen LogP contribution in [0.15, 0.2) is 18.2 Å². The molecule has 7 nitrogen and oxygen atoms in total. The van der Waals surface area contributed by atoms with E-state index >= 15 is 0 Å². The number of nitro groups is 1. The molecule has 1 aliphatic heterocycles. The molecule has 0 atom stereocenters. The summed E-state index contributed by atoms with van der Waals surface area (Å²) in [6.45, 7) is 0.552. The van der Waals surface area contributed by atoms with Crippen LogP contribution in [0.1, 0.15) is 23.2 Å². The zero-order valence-corrected chi connectivity index (χ0v) is 12.3. The van der Waals surface area contributed by atoms with Gasteiger partial charge < -0.3 is 10.7 Å². The van der Waals surface area contributed by atoms with Gasteiger partial charge in [-0.25, -0.2) is 0 Å². The van der Waals surface area contributed by atoms with Gasteiger partial charge in [0.05, 0.1) is 4.92 Å². The van der Waals surface area contributed by atoms with Crippen LogP contribution in [0.25, 0.3) is 0 Å². The Morgan fingerprint density at radius 2 is 2.14 bits per heavy atom. The minimum Gasteiger partial charge on any atom is -0.352 e. The molecule has 1 amide bonds. The average molecular weight is 310 g/mol. The highest BCUT2D eigenvalue weighted by Crippen LogP contribution is 2.24. The van der Waals surface area contributed by atoms with Crippen LogP contribution in [0.2, 0.25) is 0 Å². The van der Waals surface area contributed by atoms with Crippen molar-refractivity contribution in [1.82, 2.24) is 5.32 Å². The van der Waals surface area contributed by atoms with Crippen LogP contribution in [0.5, 0.6) is 0 Å². The summed E-state index contributed by atoms with van der Waals surface area (Å²) >= 11 is 1.92. The summed E-state index contributed by atoms with van der Waals surface area (Å²) < 4.78 is 0. The van der Waals surface area contributed by atoms with Gasteiger partial charge in [-0.3, -0.25) is 20.8 Å². The fraction of sp³-hybridized carbons (Fsp3) is 0.462. The van der Waals surface area contributed by atoms with Gasteiger partial charge in [-0.2, -0.15) is 11.8 Å². The first-order valence-electron chi connectivity index (χ1n) is 6.73. The molecule has 0 unspecified atom stereocenters. The summed E-state index contributed by atoms with van der Waals surface area (Å²) in [4.78, 5) is 22.6. The van der Waals surface area contributed by atoms with E-state index in [0.717, 1.165) is 24.3 Å². The number of hydrogen-bond donors (Lipinski definition) is 3. The van der Waals surface area contributed by atoms with Crippen molar-refractivity contribution in [2.24, 2.45) is 11.8 Å². The highest BCUT2D eigenvalue weighted by molar-refractivity contribution is 7.99. The lowest BCUT2D eigenvalue weighted by atomic mass is 10.0. The molecule has 0 aromatic heterocycles. The zero-order chi connectivity index (χ0) is 15.2. The number of hydrogen-bond acceptors (Lipinski definition) is 6. The van der Waals surface area contributed by atoms with Crippen LogP contribution in [-0.4, -0.2) is 28.9 Å². The van der Waals surface area contributed by atoms with Crippen LogP contribution in [0, 0.1) is 16.0 Å². The Morgan fingerprint density at radius 1 is 1.43 bits per heavy atom. The number of carbonyl (C=O) groups is 1. The molecule has 8 heteroatoms. The monoisotopic (exact) mass is 310 g/mol. The number of nitrogens with two attached hydrogens (primary N) is 1. The molecule has 0 bridgehead atoms. The van der Waals surface area contributed by atoms with Gasteiger partial charge in [0.15, 0.2) is 0 Å². The molecule has 21 heavy (non-hydrogen) atoms. The molecule has 1 heterocycles. The van der Waals surface area contributed by atoms with E-state index in [1.165, 1.54) is 18.2 Å². The summed E-state index contributed by atoms with van der Waals surface area (Å²) in [5.41, 5.74) is 2.66. The minimum absolute atomic E-state index is 0.0284. The van der Waals surface area contributed by atoms with Crippen molar-refractivity contribution in [2.45, 2.75) is 12.8 Å². The smallest absolute Gasteiger partial charge is 0.282 e. The van der Waals surface area contributed by atoms with Gasteiger partial charge in [0.1, 0.15) is 5.56 Å². The van der Waals surface area contributed by atoms with E-state index < -0.39 is 10.8 Å². The molecule has 1 fully saturated rings. The number of nitrogens with zero attached hydrogens (tertiary/aromatic N) is 1. The predicted octanol–water partition coefficient (Wildman–Crippen LogP) is 1.75. The lowest BCUT2D eigenvalue weighted by Crippen LogP contribution is -2.31. The van der Waals surface area contributed by atoms with Crippen molar-refractivity contribution in [3.8, 4) is 0 Å². The van der Waals surface area contributed by atoms with E-state index in [1.807, 2.05) is 11.8 Å². The van der Waals surface area contributed by atoms with E-state index in [9.17, 15) is 14.9 Å². The lowest BCUT2D eigenvalue weighted by Gasteiger charge is -2.21. The molecule has 1 saturated heterocycles. The second kappa shape index (κ2) is 7.28. The van der Waals surface area contributed by atoms with Gasteiger partial charge in [0.25, 0.3) is 11.6 Å². The van der Waals surface area contributed by atoms with E-state index in [-0.39, 0.29) is 11.3 Å². The van der Waals surface area contributed by atoms with Gasteiger partial charge in [-0.15, -0.1) is 0 Å². The van der Waals surface area contributed by atoms with Crippen molar-refractivity contribution in [3.63, 3.8) is 0 Å². The Bertz CT molecular complexity index is 532. The maximum atomic E-state index is 12.2. The SMILES string of the molecule is NNc1ccc([N+](=O)[O-])c(C(=O)NCC2CCSCC2)c1. The number of carbonyl (C=O) groups excluding carboxylic acids is 1.